The fraction of sp³-hybridized carbons (Fsp3) is 0.143. The minimum Gasteiger partial charge on any atom is -0.492 e. The van der Waals surface area contributed by atoms with Crippen LogP contribution in [0.4, 0.5) is 0 Å². The number of benzene rings is 2. The van der Waals surface area contributed by atoms with Gasteiger partial charge in [-0.2, -0.15) is 5.26 Å². The van der Waals surface area contributed by atoms with Gasteiger partial charge < -0.3 is 9.47 Å². The van der Waals surface area contributed by atoms with Gasteiger partial charge in [0.05, 0.1) is 29.5 Å². The molecule has 0 radical (unpaired) electrons. The molecule has 0 saturated heterocycles. The summed E-state index contributed by atoms with van der Waals surface area (Å²) >= 11 is 4.95. The normalized spacial score (nSPS) is 11.1. The zero-order chi connectivity index (χ0) is 19.2. The third-order valence-electron chi connectivity index (χ3n) is 3.77. The molecule has 0 atom stereocenters. The van der Waals surface area contributed by atoms with Crippen LogP contribution in [0.25, 0.3) is 22.9 Å². The highest BCUT2D eigenvalue weighted by atomic mass is 79.9. The molecule has 2 aromatic carbocycles. The van der Waals surface area contributed by atoms with Crippen molar-refractivity contribution < 1.29 is 9.47 Å². The first-order valence-electron chi connectivity index (χ1n) is 8.29. The maximum absolute atomic E-state index is 9.64. The number of hydrogen-bond donors (Lipinski definition) is 0. The second-order valence-corrected chi connectivity index (χ2v) is 7.25. The highest BCUT2D eigenvalue weighted by molar-refractivity contribution is 9.10. The summed E-state index contributed by atoms with van der Waals surface area (Å²) in [5.74, 6) is 1.26. The van der Waals surface area contributed by atoms with Crippen LogP contribution in [0.3, 0.4) is 0 Å². The number of nitriles is 1. The maximum Gasteiger partial charge on any atom is 0.174 e. The number of hydrogen-bond acceptors (Lipinski definition) is 5. The fourth-order valence-corrected chi connectivity index (χ4v) is 4.00. The van der Waals surface area contributed by atoms with Crippen LogP contribution in [0.1, 0.15) is 17.5 Å². The molecule has 0 bridgehead atoms. The van der Waals surface area contributed by atoms with Crippen molar-refractivity contribution in [2.45, 2.75) is 6.92 Å². The van der Waals surface area contributed by atoms with Crippen LogP contribution in [0, 0.1) is 11.3 Å². The summed E-state index contributed by atoms with van der Waals surface area (Å²) in [4.78, 5) is 4.62. The van der Waals surface area contributed by atoms with Gasteiger partial charge in [0.1, 0.15) is 11.1 Å². The van der Waals surface area contributed by atoms with Gasteiger partial charge in [-0.15, -0.1) is 11.3 Å². The largest absolute Gasteiger partial charge is 0.492 e. The molecule has 6 heteroatoms. The zero-order valence-corrected chi connectivity index (χ0v) is 17.3. The van der Waals surface area contributed by atoms with E-state index in [0.717, 1.165) is 21.3 Å². The Labute approximate surface area is 170 Å². The van der Waals surface area contributed by atoms with Gasteiger partial charge in [0.15, 0.2) is 11.5 Å². The van der Waals surface area contributed by atoms with E-state index in [-0.39, 0.29) is 0 Å². The third kappa shape index (κ3) is 4.38. The maximum atomic E-state index is 9.64. The quantitative estimate of drug-likeness (QED) is 0.438. The topological polar surface area (TPSA) is 55.1 Å². The predicted molar refractivity (Wildman–Crippen MR) is 113 cm³/mol. The molecule has 0 saturated carbocycles. The Morgan fingerprint density at radius 2 is 2.07 bits per heavy atom. The molecule has 0 spiro atoms. The smallest absolute Gasteiger partial charge is 0.174 e. The number of methoxy groups -OCH3 is 1. The Morgan fingerprint density at radius 1 is 1.30 bits per heavy atom. The standard InChI is InChI=1S/C21H17BrN2O2S/c1-3-26-19-11-14(10-17(22)20(19)25-2)9-16(12-23)21-24-18(13-27-21)15-7-5-4-6-8-15/h4-11,13H,3H2,1-2H3/b16-9-. The first-order valence-corrected chi connectivity index (χ1v) is 9.97. The van der Waals surface area contributed by atoms with Crippen molar-refractivity contribution in [3.8, 4) is 28.8 Å². The molecule has 3 rings (SSSR count). The van der Waals surface area contributed by atoms with Gasteiger partial charge in [0.2, 0.25) is 0 Å². The van der Waals surface area contributed by atoms with Crippen LogP contribution in [0.5, 0.6) is 11.5 Å². The summed E-state index contributed by atoms with van der Waals surface area (Å²) in [7, 11) is 1.60. The van der Waals surface area contributed by atoms with Gasteiger partial charge in [-0.3, -0.25) is 0 Å². The highest BCUT2D eigenvalue weighted by Gasteiger charge is 2.13. The highest BCUT2D eigenvalue weighted by Crippen LogP contribution is 2.37. The van der Waals surface area contributed by atoms with Crippen molar-refractivity contribution in [1.29, 1.82) is 5.26 Å². The van der Waals surface area contributed by atoms with Crippen LogP contribution in [0.2, 0.25) is 0 Å². The van der Waals surface area contributed by atoms with E-state index in [1.807, 2.05) is 54.8 Å². The van der Waals surface area contributed by atoms with Crippen molar-refractivity contribution in [1.82, 2.24) is 4.98 Å². The van der Waals surface area contributed by atoms with Crippen molar-refractivity contribution in [2.24, 2.45) is 0 Å². The summed E-state index contributed by atoms with van der Waals surface area (Å²) in [5.41, 5.74) is 3.23. The molecule has 3 aromatic rings. The Morgan fingerprint density at radius 3 is 2.74 bits per heavy atom. The second-order valence-electron chi connectivity index (χ2n) is 5.54. The SMILES string of the molecule is CCOc1cc(/C=C(/C#N)c2nc(-c3ccccc3)cs2)cc(Br)c1OC. The minimum absolute atomic E-state index is 0.502. The van der Waals surface area contributed by atoms with Crippen molar-refractivity contribution >= 4 is 38.9 Å². The Kier molecular flexibility index (Phi) is 6.28. The average molecular weight is 441 g/mol. The van der Waals surface area contributed by atoms with Crippen LogP contribution < -0.4 is 9.47 Å². The van der Waals surface area contributed by atoms with E-state index in [4.69, 9.17) is 9.47 Å². The molecule has 4 nitrogen and oxygen atoms in total. The summed E-state index contributed by atoms with van der Waals surface area (Å²) in [5, 5.41) is 12.3. The van der Waals surface area contributed by atoms with Gasteiger partial charge in [-0.05, 0) is 46.6 Å². The molecule has 0 unspecified atom stereocenters. The Hall–Kier alpha value is -2.62. The number of ether oxygens (including phenoxy) is 2. The van der Waals surface area contributed by atoms with Crippen LogP contribution >= 0.6 is 27.3 Å². The van der Waals surface area contributed by atoms with Gasteiger partial charge >= 0.3 is 0 Å². The van der Waals surface area contributed by atoms with Crippen LogP contribution in [-0.4, -0.2) is 18.7 Å². The van der Waals surface area contributed by atoms with Crippen LogP contribution in [-0.2, 0) is 0 Å². The van der Waals surface area contributed by atoms with Gasteiger partial charge in [0, 0.05) is 10.9 Å². The van der Waals surface area contributed by atoms with Gasteiger partial charge in [-0.25, -0.2) is 4.98 Å². The van der Waals surface area contributed by atoms with Gasteiger partial charge in [-0.1, -0.05) is 30.3 Å². The minimum atomic E-state index is 0.502. The second kappa shape index (κ2) is 8.85. The molecule has 0 amide bonds. The monoisotopic (exact) mass is 440 g/mol. The first-order chi connectivity index (χ1) is 13.2. The van der Waals surface area contributed by atoms with Crippen molar-refractivity contribution in [2.75, 3.05) is 13.7 Å². The number of aromatic nitrogens is 1. The lowest BCUT2D eigenvalue weighted by molar-refractivity contribution is 0.310. The number of allylic oxidation sites excluding steroid dienone is 1. The number of thiazole rings is 1. The summed E-state index contributed by atoms with van der Waals surface area (Å²) in [6.07, 6.45) is 1.81. The molecule has 136 valence electrons. The molecule has 1 aromatic heterocycles. The molecule has 0 fully saturated rings. The first kappa shape index (κ1) is 19.2. The van der Waals surface area contributed by atoms with Gasteiger partial charge in [0.25, 0.3) is 0 Å². The van der Waals surface area contributed by atoms with E-state index >= 15 is 0 Å². The molecule has 0 aliphatic carbocycles. The van der Waals surface area contributed by atoms with Crippen LogP contribution in [0.15, 0.2) is 52.3 Å². The van der Waals surface area contributed by atoms with E-state index in [1.165, 1.54) is 11.3 Å². The molecule has 0 N–H and O–H groups in total. The number of nitrogens with zero attached hydrogens (tertiary/aromatic N) is 2. The molecule has 1 heterocycles. The lowest BCUT2D eigenvalue weighted by Crippen LogP contribution is -1.96. The van der Waals surface area contributed by atoms with E-state index in [2.05, 4.69) is 27.0 Å². The lowest BCUT2D eigenvalue weighted by Gasteiger charge is -2.12. The van der Waals surface area contributed by atoms with Crippen molar-refractivity contribution in [3.05, 3.63) is 62.9 Å². The van der Waals surface area contributed by atoms with E-state index in [1.54, 1.807) is 13.2 Å². The average Bonchev–Trinajstić information content (AvgIpc) is 3.17. The fourth-order valence-electron chi connectivity index (χ4n) is 2.58. The molecular weight excluding hydrogens is 424 g/mol. The molecule has 0 aliphatic heterocycles. The summed E-state index contributed by atoms with van der Waals surface area (Å²) in [6, 6.07) is 15.9. The molecule has 27 heavy (non-hydrogen) atoms. The lowest BCUT2D eigenvalue weighted by atomic mass is 10.1. The number of rotatable bonds is 6. The predicted octanol–water partition coefficient (Wildman–Crippen LogP) is 6.04. The number of halogens is 1. The summed E-state index contributed by atoms with van der Waals surface area (Å²) in [6.45, 7) is 2.44. The molecular formula is C21H17BrN2O2S. The van der Waals surface area contributed by atoms with E-state index < -0.39 is 0 Å². The van der Waals surface area contributed by atoms with Crippen molar-refractivity contribution in [3.63, 3.8) is 0 Å². The summed E-state index contributed by atoms with van der Waals surface area (Å²) < 4.78 is 11.8. The Balaban J connectivity index is 1.98. The van der Waals surface area contributed by atoms with E-state index in [0.29, 0.717) is 28.7 Å². The molecule has 0 aliphatic rings. The third-order valence-corrected chi connectivity index (χ3v) is 5.24. The van der Waals surface area contributed by atoms with E-state index in [9.17, 15) is 5.26 Å². The Bertz CT molecular complexity index is 1010. The zero-order valence-electron chi connectivity index (χ0n) is 14.9.